The summed E-state index contributed by atoms with van der Waals surface area (Å²) in [5.74, 6) is 1.12. The molecule has 0 aromatic carbocycles. The van der Waals surface area contributed by atoms with Gasteiger partial charge in [-0.15, -0.1) is 23.1 Å². The molecule has 0 aliphatic carbocycles. The number of hydrogen-bond donors (Lipinski definition) is 0. The molecule has 0 amide bonds. The molecule has 0 fully saturated rings. The van der Waals surface area contributed by atoms with E-state index in [0.29, 0.717) is 5.37 Å². The molecule has 16 heavy (non-hydrogen) atoms. The summed E-state index contributed by atoms with van der Waals surface area (Å²) in [5, 5.41) is 0.392. The van der Waals surface area contributed by atoms with E-state index in [1.165, 1.54) is 13.3 Å². The zero-order chi connectivity index (χ0) is 11.4. The monoisotopic (exact) mass is 288 g/mol. The second kappa shape index (κ2) is 6.14. The van der Waals surface area contributed by atoms with Crippen LogP contribution in [0.2, 0.25) is 0 Å². The Labute approximate surface area is 112 Å². The minimum Gasteiger partial charge on any atom is -0.289 e. The van der Waals surface area contributed by atoms with E-state index in [0.717, 1.165) is 5.75 Å². The van der Waals surface area contributed by atoms with Gasteiger partial charge in [0.2, 0.25) is 0 Å². The molecule has 2 rings (SSSR count). The third-order valence-electron chi connectivity index (χ3n) is 1.71. The number of rotatable bonds is 6. The minimum absolute atomic E-state index is 0.392. The second-order valence-corrected chi connectivity index (χ2v) is 7.83. The lowest BCUT2D eigenvalue weighted by atomic mass is 10.7. The van der Waals surface area contributed by atoms with Crippen molar-refractivity contribution in [1.29, 1.82) is 0 Å². The quantitative estimate of drug-likeness (QED) is 0.447. The predicted molar refractivity (Wildman–Crippen MR) is 79.1 cm³/mol. The van der Waals surface area contributed by atoms with Crippen molar-refractivity contribution in [3.05, 3.63) is 6.07 Å². The molecule has 0 saturated carbocycles. The lowest BCUT2D eigenvalue weighted by molar-refractivity contribution is 1.34. The molecule has 86 valence electrons. The van der Waals surface area contributed by atoms with Crippen molar-refractivity contribution in [2.45, 2.75) is 25.6 Å². The highest BCUT2D eigenvalue weighted by Crippen LogP contribution is 2.44. The van der Waals surface area contributed by atoms with Gasteiger partial charge in [0.15, 0.2) is 0 Å². The van der Waals surface area contributed by atoms with Gasteiger partial charge in [-0.1, -0.05) is 30.4 Å². The van der Waals surface area contributed by atoms with E-state index >= 15 is 0 Å². The van der Waals surface area contributed by atoms with Gasteiger partial charge in [-0.25, -0.2) is 0 Å². The molecule has 1 aromatic heterocycles. The second-order valence-electron chi connectivity index (χ2n) is 2.94. The topological polar surface area (TPSA) is 24.7 Å². The summed E-state index contributed by atoms with van der Waals surface area (Å²) in [6, 6.07) is 2.25. The van der Waals surface area contributed by atoms with E-state index in [1.54, 1.807) is 18.8 Å². The Kier molecular flexibility index (Phi) is 4.81. The van der Waals surface area contributed by atoms with Crippen molar-refractivity contribution in [2.75, 3.05) is 12.8 Å². The molecule has 0 saturated heterocycles. The number of thiophene rings is 1. The maximum atomic E-state index is 4.17. The molecule has 1 aliphatic rings. The van der Waals surface area contributed by atoms with Gasteiger partial charge in [0.25, 0.3) is 0 Å². The first-order chi connectivity index (χ1) is 7.83. The van der Waals surface area contributed by atoms with Gasteiger partial charge in [0, 0.05) is 18.2 Å². The van der Waals surface area contributed by atoms with E-state index in [9.17, 15) is 0 Å². The Balaban J connectivity index is 2.08. The zero-order valence-corrected chi connectivity index (χ0v) is 12.3. The Morgan fingerprint density at radius 1 is 1.62 bits per heavy atom. The average Bonchev–Trinajstić information content (AvgIpc) is 3.00. The van der Waals surface area contributed by atoms with Gasteiger partial charge in [-0.3, -0.25) is 9.98 Å². The molecule has 2 nitrogen and oxygen atoms in total. The van der Waals surface area contributed by atoms with Crippen LogP contribution in [-0.2, 0) is 0 Å². The van der Waals surface area contributed by atoms with E-state index in [4.69, 9.17) is 0 Å². The summed E-state index contributed by atoms with van der Waals surface area (Å²) in [5.41, 5.74) is 1.88. The van der Waals surface area contributed by atoms with E-state index < -0.39 is 0 Å². The van der Waals surface area contributed by atoms with E-state index in [1.807, 2.05) is 46.6 Å². The molecule has 2 heterocycles. The van der Waals surface area contributed by atoms with Crippen LogP contribution < -0.4 is 0 Å². The SMILES string of the molecule is CCSc1sc(SC=NC)cc1SC1C=N1. The van der Waals surface area contributed by atoms with Crippen molar-refractivity contribution < 1.29 is 0 Å². The Morgan fingerprint density at radius 2 is 2.44 bits per heavy atom. The summed E-state index contributed by atoms with van der Waals surface area (Å²) in [4.78, 5) is 9.53. The molecular formula is C10H12N2S4. The van der Waals surface area contributed by atoms with Gasteiger partial charge < -0.3 is 0 Å². The highest BCUT2D eigenvalue weighted by atomic mass is 32.2. The third kappa shape index (κ3) is 3.55. The number of aliphatic imine (C=N–C) groups is 2. The smallest absolute Gasteiger partial charge is 0.134 e. The fraction of sp³-hybridized carbons (Fsp3) is 0.400. The molecule has 6 heteroatoms. The summed E-state index contributed by atoms with van der Waals surface area (Å²) in [7, 11) is 1.80. The Bertz CT molecular complexity index is 405. The van der Waals surface area contributed by atoms with Crippen molar-refractivity contribution in [2.24, 2.45) is 9.98 Å². The normalized spacial score (nSPS) is 18.5. The largest absolute Gasteiger partial charge is 0.289 e. The molecule has 0 bridgehead atoms. The van der Waals surface area contributed by atoms with Gasteiger partial charge in [-0.2, -0.15) is 0 Å². The van der Waals surface area contributed by atoms with Crippen LogP contribution in [0, 0.1) is 0 Å². The zero-order valence-electron chi connectivity index (χ0n) is 9.04. The third-order valence-corrected chi connectivity index (χ3v) is 6.33. The first-order valence-corrected chi connectivity index (χ1v) is 8.43. The minimum atomic E-state index is 0.392. The molecule has 0 N–H and O–H groups in total. The number of nitrogens with zero attached hydrogens (tertiary/aromatic N) is 2. The summed E-state index contributed by atoms with van der Waals surface area (Å²) in [6.45, 7) is 2.19. The molecule has 1 aromatic rings. The van der Waals surface area contributed by atoms with E-state index in [-0.39, 0.29) is 0 Å². The van der Waals surface area contributed by atoms with Gasteiger partial charge in [0.1, 0.15) is 5.37 Å². The Morgan fingerprint density at radius 3 is 3.06 bits per heavy atom. The highest BCUT2D eigenvalue weighted by molar-refractivity contribution is 8.13. The van der Waals surface area contributed by atoms with Crippen LogP contribution in [0.15, 0.2) is 29.4 Å². The van der Waals surface area contributed by atoms with Crippen LogP contribution in [0.25, 0.3) is 0 Å². The van der Waals surface area contributed by atoms with Crippen LogP contribution in [-0.4, -0.2) is 29.9 Å². The van der Waals surface area contributed by atoms with Crippen LogP contribution in [0.3, 0.4) is 0 Å². The molecular weight excluding hydrogens is 276 g/mol. The van der Waals surface area contributed by atoms with Crippen LogP contribution in [0.4, 0.5) is 0 Å². The summed E-state index contributed by atoms with van der Waals surface area (Å²) in [6.07, 6.45) is 1.99. The van der Waals surface area contributed by atoms with Gasteiger partial charge >= 0.3 is 0 Å². The van der Waals surface area contributed by atoms with Crippen molar-refractivity contribution in [3.63, 3.8) is 0 Å². The molecule has 0 spiro atoms. The lowest BCUT2D eigenvalue weighted by Gasteiger charge is -1.98. The molecule has 0 radical (unpaired) electrons. The number of hydrogen-bond acceptors (Lipinski definition) is 6. The molecule has 1 atom stereocenters. The van der Waals surface area contributed by atoms with Crippen molar-refractivity contribution >= 4 is 58.4 Å². The average molecular weight is 288 g/mol. The molecule has 1 aliphatic heterocycles. The summed E-state index contributed by atoms with van der Waals surface area (Å²) >= 11 is 7.29. The highest BCUT2D eigenvalue weighted by Gasteiger charge is 2.19. The van der Waals surface area contributed by atoms with Crippen LogP contribution in [0.1, 0.15) is 6.92 Å². The Hall–Kier alpha value is 0.0900. The van der Waals surface area contributed by atoms with Crippen molar-refractivity contribution in [1.82, 2.24) is 0 Å². The maximum absolute atomic E-state index is 4.17. The number of thioether (sulfide) groups is 3. The van der Waals surface area contributed by atoms with Crippen LogP contribution in [0.5, 0.6) is 0 Å². The van der Waals surface area contributed by atoms with Gasteiger partial charge in [-0.05, 0) is 11.8 Å². The fourth-order valence-corrected chi connectivity index (χ4v) is 5.48. The predicted octanol–water partition coefficient (Wildman–Crippen LogP) is 4.11. The molecule has 1 unspecified atom stereocenters. The first kappa shape index (κ1) is 12.5. The standard InChI is InChI=1S/C10H12N2S4/c1-3-13-10-7(15-8-5-12-8)4-9(16-10)14-6-11-2/h4-6,8H,3H2,1-2H3. The lowest BCUT2D eigenvalue weighted by Crippen LogP contribution is -1.78. The van der Waals surface area contributed by atoms with E-state index in [2.05, 4.69) is 23.0 Å². The first-order valence-electron chi connectivity index (χ1n) is 4.87. The summed E-state index contributed by atoms with van der Waals surface area (Å²) < 4.78 is 2.72. The maximum Gasteiger partial charge on any atom is 0.134 e. The fourth-order valence-electron chi connectivity index (χ4n) is 1.04. The van der Waals surface area contributed by atoms with Crippen LogP contribution >= 0.6 is 46.6 Å². The van der Waals surface area contributed by atoms with Gasteiger partial charge in [0.05, 0.1) is 14.0 Å². The van der Waals surface area contributed by atoms with Crippen molar-refractivity contribution in [3.8, 4) is 0 Å².